The van der Waals surface area contributed by atoms with Crippen LogP contribution in [0.4, 0.5) is 5.69 Å². The van der Waals surface area contributed by atoms with Gasteiger partial charge in [-0.2, -0.15) is 5.26 Å². The normalized spacial score (nSPS) is 11.8. The van der Waals surface area contributed by atoms with Crippen LogP contribution in [0.25, 0.3) is 0 Å². The fourth-order valence-corrected chi connectivity index (χ4v) is 3.61. The van der Waals surface area contributed by atoms with E-state index in [4.69, 9.17) is 11.0 Å². The average molecular weight is 295 g/mol. The molecule has 0 unspecified atom stereocenters. The summed E-state index contributed by atoms with van der Waals surface area (Å²) in [5, 5.41) is 8.66. The number of hydrogen-bond donors (Lipinski definition) is 1. The van der Waals surface area contributed by atoms with Crippen LogP contribution >= 0.6 is 0 Å². The zero-order valence-electron chi connectivity index (χ0n) is 11.9. The van der Waals surface area contributed by atoms with E-state index in [1.54, 1.807) is 24.3 Å². The molecule has 5 nitrogen and oxygen atoms in total. The lowest BCUT2D eigenvalue weighted by Crippen LogP contribution is -2.36. The molecule has 2 N–H and O–H groups in total. The van der Waals surface area contributed by atoms with Crippen molar-refractivity contribution in [3.63, 3.8) is 0 Å². The highest BCUT2D eigenvalue weighted by molar-refractivity contribution is 7.88. The smallest absolute Gasteiger partial charge is 0.218 e. The summed E-state index contributed by atoms with van der Waals surface area (Å²) >= 11 is 0. The quantitative estimate of drug-likeness (QED) is 0.779. The number of para-hydroxylation sites is 1. The number of nitrogen functional groups attached to an aromatic ring is 1. The van der Waals surface area contributed by atoms with Gasteiger partial charge in [-0.25, -0.2) is 12.7 Å². The first-order chi connectivity index (χ1) is 9.36. The van der Waals surface area contributed by atoms with Crippen LogP contribution in [0.1, 0.15) is 25.8 Å². The first-order valence-electron chi connectivity index (χ1n) is 6.55. The molecular formula is C14H21N3O2S. The number of nitriles is 1. The Morgan fingerprint density at radius 1 is 1.35 bits per heavy atom. The summed E-state index contributed by atoms with van der Waals surface area (Å²) in [6.45, 7) is 4.54. The molecule has 0 heterocycles. The van der Waals surface area contributed by atoms with Gasteiger partial charge in [0.2, 0.25) is 10.0 Å². The average Bonchev–Trinajstić information content (AvgIpc) is 2.36. The van der Waals surface area contributed by atoms with Crippen LogP contribution in [0.5, 0.6) is 0 Å². The number of hydrogen-bond acceptors (Lipinski definition) is 4. The maximum atomic E-state index is 12.5. The molecule has 1 rings (SSSR count). The van der Waals surface area contributed by atoms with Crippen molar-refractivity contribution in [3.05, 3.63) is 29.8 Å². The van der Waals surface area contributed by atoms with Crippen molar-refractivity contribution in [1.82, 2.24) is 4.31 Å². The highest BCUT2D eigenvalue weighted by Gasteiger charge is 2.23. The second kappa shape index (κ2) is 7.27. The van der Waals surface area contributed by atoms with Crippen LogP contribution in [0.3, 0.4) is 0 Å². The van der Waals surface area contributed by atoms with Crippen LogP contribution in [-0.2, 0) is 15.8 Å². The van der Waals surface area contributed by atoms with E-state index in [1.165, 1.54) is 4.31 Å². The van der Waals surface area contributed by atoms with Gasteiger partial charge in [-0.3, -0.25) is 0 Å². The lowest BCUT2D eigenvalue weighted by molar-refractivity contribution is 0.372. The summed E-state index contributed by atoms with van der Waals surface area (Å²) in [7, 11) is -3.46. The predicted molar refractivity (Wildman–Crippen MR) is 80.1 cm³/mol. The largest absolute Gasteiger partial charge is 0.398 e. The van der Waals surface area contributed by atoms with Crippen molar-refractivity contribution in [2.75, 3.05) is 18.8 Å². The van der Waals surface area contributed by atoms with Crippen molar-refractivity contribution < 1.29 is 8.42 Å². The fraction of sp³-hybridized carbons (Fsp3) is 0.500. The van der Waals surface area contributed by atoms with Crippen LogP contribution in [0.2, 0.25) is 0 Å². The predicted octanol–water partition coefficient (Wildman–Crippen LogP) is 1.97. The Bertz CT molecular complexity index is 576. The first kappa shape index (κ1) is 16.5. The topological polar surface area (TPSA) is 87.2 Å². The number of benzene rings is 1. The minimum Gasteiger partial charge on any atom is -0.398 e. The summed E-state index contributed by atoms with van der Waals surface area (Å²) in [6.07, 6.45) is 0.191. The lowest BCUT2D eigenvalue weighted by atomic mass is 10.2. The number of rotatable bonds is 7. The van der Waals surface area contributed by atoms with Gasteiger partial charge < -0.3 is 5.73 Å². The maximum Gasteiger partial charge on any atom is 0.218 e. The summed E-state index contributed by atoms with van der Waals surface area (Å²) < 4.78 is 26.3. The molecule has 0 aliphatic heterocycles. The van der Waals surface area contributed by atoms with E-state index in [-0.39, 0.29) is 24.6 Å². The van der Waals surface area contributed by atoms with E-state index >= 15 is 0 Å². The Morgan fingerprint density at radius 3 is 2.55 bits per heavy atom. The lowest BCUT2D eigenvalue weighted by Gasteiger charge is -2.23. The van der Waals surface area contributed by atoms with Gasteiger partial charge in [-0.05, 0) is 17.5 Å². The number of anilines is 1. The minimum atomic E-state index is -3.46. The van der Waals surface area contributed by atoms with Gasteiger partial charge in [0, 0.05) is 25.2 Å². The molecule has 0 aromatic heterocycles. The van der Waals surface area contributed by atoms with Gasteiger partial charge in [-0.1, -0.05) is 32.0 Å². The SMILES string of the molecule is CC(C)CN(CCC#N)S(=O)(=O)Cc1ccccc1N. The molecular weight excluding hydrogens is 274 g/mol. The molecule has 0 fully saturated rings. The molecule has 0 radical (unpaired) electrons. The van der Waals surface area contributed by atoms with E-state index in [1.807, 2.05) is 19.9 Å². The summed E-state index contributed by atoms with van der Waals surface area (Å²) in [5.41, 5.74) is 6.86. The van der Waals surface area contributed by atoms with E-state index in [2.05, 4.69) is 0 Å². The van der Waals surface area contributed by atoms with Gasteiger partial charge in [0.1, 0.15) is 0 Å². The van der Waals surface area contributed by atoms with Crippen LogP contribution in [0.15, 0.2) is 24.3 Å². The monoisotopic (exact) mass is 295 g/mol. The minimum absolute atomic E-state index is 0.127. The zero-order valence-corrected chi connectivity index (χ0v) is 12.7. The van der Waals surface area contributed by atoms with E-state index < -0.39 is 10.0 Å². The Kier molecular flexibility index (Phi) is 5.99. The van der Waals surface area contributed by atoms with Crippen molar-refractivity contribution in [2.24, 2.45) is 5.92 Å². The molecule has 0 saturated carbocycles. The molecule has 0 amide bonds. The second-order valence-corrected chi connectivity index (χ2v) is 7.08. The van der Waals surface area contributed by atoms with E-state index in [0.29, 0.717) is 17.8 Å². The summed E-state index contributed by atoms with van der Waals surface area (Å²) in [5.74, 6) is 0.0780. The molecule has 0 saturated heterocycles. The molecule has 6 heteroatoms. The molecule has 1 aromatic rings. The van der Waals surface area contributed by atoms with Crippen molar-refractivity contribution >= 4 is 15.7 Å². The second-order valence-electron chi connectivity index (χ2n) is 5.12. The third-order valence-corrected chi connectivity index (χ3v) is 4.62. The van der Waals surface area contributed by atoms with Gasteiger partial charge in [-0.15, -0.1) is 0 Å². The molecule has 0 aliphatic rings. The maximum absolute atomic E-state index is 12.5. The van der Waals surface area contributed by atoms with E-state index in [9.17, 15) is 8.42 Å². The van der Waals surface area contributed by atoms with Crippen molar-refractivity contribution in [3.8, 4) is 6.07 Å². The summed E-state index contributed by atoms with van der Waals surface area (Å²) in [4.78, 5) is 0. The molecule has 110 valence electrons. The number of nitrogens with two attached hydrogens (primary N) is 1. The standard InChI is InChI=1S/C14H21N3O2S/c1-12(2)10-17(9-5-8-15)20(18,19)11-13-6-3-4-7-14(13)16/h3-4,6-7,12H,5,9-11,16H2,1-2H3. The van der Waals surface area contributed by atoms with Gasteiger partial charge in [0.05, 0.1) is 11.8 Å². The number of sulfonamides is 1. The Morgan fingerprint density at radius 2 is 2.00 bits per heavy atom. The van der Waals surface area contributed by atoms with Gasteiger partial charge >= 0.3 is 0 Å². The third-order valence-electron chi connectivity index (χ3n) is 2.83. The van der Waals surface area contributed by atoms with Gasteiger partial charge in [0.25, 0.3) is 0 Å². The fourth-order valence-electron chi connectivity index (χ4n) is 1.88. The highest BCUT2D eigenvalue weighted by atomic mass is 32.2. The highest BCUT2D eigenvalue weighted by Crippen LogP contribution is 2.18. The van der Waals surface area contributed by atoms with Crippen LogP contribution in [-0.4, -0.2) is 25.8 Å². The van der Waals surface area contributed by atoms with Crippen LogP contribution < -0.4 is 5.73 Å². The molecule has 0 spiro atoms. The Hall–Kier alpha value is -1.58. The summed E-state index contributed by atoms with van der Waals surface area (Å²) in [6, 6.07) is 8.93. The molecule has 1 aromatic carbocycles. The molecule has 0 atom stereocenters. The molecule has 20 heavy (non-hydrogen) atoms. The van der Waals surface area contributed by atoms with Crippen LogP contribution in [0, 0.1) is 17.2 Å². The Labute approximate surface area is 121 Å². The van der Waals surface area contributed by atoms with E-state index in [0.717, 1.165) is 0 Å². The molecule has 0 aliphatic carbocycles. The third kappa shape index (κ3) is 4.83. The molecule has 0 bridgehead atoms. The first-order valence-corrected chi connectivity index (χ1v) is 8.16. The van der Waals surface area contributed by atoms with Gasteiger partial charge in [0.15, 0.2) is 0 Å². The van der Waals surface area contributed by atoms with Crippen molar-refractivity contribution in [1.29, 1.82) is 5.26 Å². The van der Waals surface area contributed by atoms with Crippen molar-refractivity contribution in [2.45, 2.75) is 26.0 Å². The number of nitrogens with zero attached hydrogens (tertiary/aromatic N) is 2. The Balaban J connectivity index is 2.93. The zero-order chi connectivity index (χ0) is 15.2.